The minimum Gasteiger partial charge on any atom is -0.490 e. The first-order valence-corrected chi connectivity index (χ1v) is 9.35. The minimum absolute atomic E-state index is 0.00987. The van der Waals surface area contributed by atoms with Crippen molar-refractivity contribution in [1.29, 1.82) is 0 Å². The first-order chi connectivity index (χ1) is 13.8. The Hall–Kier alpha value is -3.09. The van der Waals surface area contributed by atoms with E-state index < -0.39 is 6.10 Å². The van der Waals surface area contributed by atoms with E-state index in [1.54, 1.807) is 0 Å². The Bertz CT molecular complexity index is 1070. The molecule has 0 saturated carbocycles. The number of aliphatic hydroxyl groups excluding tert-OH is 2. The van der Waals surface area contributed by atoms with Crippen LogP contribution in [0.25, 0.3) is 21.8 Å². The van der Waals surface area contributed by atoms with Gasteiger partial charge in [-0.15, -0.1) is 0 Å². The Balaban J connectivity index is 1.51. The van der Waals surface area contributed by atoms with Crippen molar-refractivity contribution in [3.05, 3.63) is 66.7 Å². The number of nitrogens with zero attached hydrogens (tertiary/aromatic N) is 2. The number of para-hydroxylation sites is 2. The minimum atomic E-state index is -0.716. The van der Waals surface area contributed by atoms with Crippen LogP contribution in [0.2, 0.25) is 0 Å². The average Bonchev–Trinajstić information content (AvgIpc) is 3.08. The third-order valence-corrected chi connectivity index (χ3v) is 4.62. The van der Waals surface area contributed by atoms with Gasteiger partial charge in [0.25, 0.3) is 0 Å². The molecule has 0 fully saturated rings. The van der Waals surface area contributed by atoms with E-state index in [0.29, 0.717) is 19.0 Å². The predicted octanol–water partition coefficient (Wildman–Crippen LogP) is 3.03. The lowest BCUT2D eigenvalue weighted by atomic mass is 10.1. The molecule has 4 rings (SSSR count). The normalized spacial score (nSPS) is 12.4. The fourth-order valence-electron chi connectivity index (χ4n) is 3.33. The van der Waals surface area contributed by atoms with Crippen molar-refractivity contribution in [2.45, 2.75) is 12.6 Å². The summed E-state index contributed by atoms with van der Waals surface area (Å²) in [6.45, 7) is 0.904. The molecule has 0 bridgehead atoms. The monoisotopic (exact) mass is 377 g/mol. The number of fused-ring (bicyclic) bond motifs is 2. The number of anilines is 1. The maximum Gasteiger partial charge on any atom is 0.204 e. The third kappa shape index (κ3) is 3.78. The molecule has 1 heterocycles. The van der Waals surface area contributed by atoms with Crippen LogP contribution in [0.1, 0.15) is 0 Å². The third-order valence-electron chi connectivity index (χ3n) is 4.62. The number of hydrogen-bond acceptors (Lipinski definition) is 5. The Morgan fingerprint density at radius 1 is 1.00 bits per heavy atom. The highest BCUT2D eigenvalue weighted by molar-refractivity contribution is 5.88. The summed E-state index contributed by atoms with van der Waals surface area (Å²) < 4.78 is 7.84. The number of ether oxygens (including phenoxy) is 1. The van der Waals surface area contributed by atoms with Crippen LogP contribution in [0.3, 0.4) is 0 Å². The van der Waals surface area contributed by atoms with E-state index in [-0.39, 0.29) is 13.2 Å². The van der Waals surface area contributed by atoms with Crippen molar-refractivity contribution < 1.29 is 14.9 Å². The molecule has 0 spiro atoms. The molecular weight excluding hydrogens is 354 g/mol. The molecule has 6 heteroatoms. The quantitative estimate of drug-likeness (QED) is 0.440. The molecule has 1 atom stereocenters. The molecule has 1 aromatic heterocycles. The molecule has 0 aliphatic heterocycles. The standard InChI is InChI=1S/C22H23N3O3/c26-13-12-23-22-24-19-9-3-4-10-20(19)25(22)14-17(27)15-28-21-11-5-7-16-6-1-2-8-18(16)21/h1-11,17,26-27H,12-15H2,(H,23,24). The molecule has 0 amide bonds. The molecular formula is C22H23N3O3. The lowest BCUT2D eigenvalue weighted by Crippen LogP contribution is -2.25. The van der Waals surface area contributed by atoms with Gasteiger partial charge in [-0.05, 0) is 23.6 Å². The van der Waals surface area contributed by atoms with Crippen LogP contribution in [0.15, 0.2) is 66.7 Å². The van der Waals surface area contributed by atoms with Gasteiger partial charge in [0.05, 0.1) is 24.2 Å². The van der Waals surface area contributed by atoms with E-state index in [2.05, 4.69) is 10.3 Å². The van der Waals surface area contributed by atoms with Gasteiger partial charge in [0.15, 0.2) is 0 Å². The fraction of sp³-hybridized carbons (Fsp3) is 0.227. The highest BCUT2D eigenvalue weighted by Gasteiger charge is 2.15. The van der Waals surface area contributed by atoms with E-state index in [4.69, 9.17) is 9.84 Å². The first-order valence-electron chi connectivity index (χ1n) is 9.35. The summed E-state index contributed by atoms with van der Waals surface area (Å²) in [5, 5.41) is 24.9. The van der Waals surface area contributed by atoms with Crippen LogP contribution in [-0.4, -0.2) is 45.6 Å². The van der Waals surface area contributed by atoms with E-state index in [1.807, 2.05) is 71.3 Å². The van der Waals surface area contributed by atoms with Crippen molar-refractivity contribution in [3.8, 4) is 5.75 Å². The lowest BCUT2D eigenvalue weighted by Gasteiger charge is -2.16. The maximum absolute atomic E-state index is 10.6. The molecule has 3 aromatic carbocycles. The number of aliphatic hydroxyl groups is 2. The van der Waals surface area contributed by atoms with Crippen molar-refractivity contribution in [2.24, 2.45) is 0 Å². The zero-order valence-electron chi connectivity index (χ0n) is 15.5. The van der Waals surface area contributed by atoms with Gasteiger partial charge in [-0.25, -0.2) is 4.98 Å². The Labute approximate surface area is 163 Å². The second kappa shape index (κ2) is 8.29. The number of aromatic nitrogens is 2. The van der Waals surface area contributed by atoms with Gasteiger partial charge in [-0.1, -0.05) is 48.5 Å². The summed E-state index contributed by atoms with van der Waals surface area (Å²) in [6, 6.07) is 21.7. The van der Waals surface area contributed by atoms with Crippen LogP contribution in [0, 0.1) is 0 Å². The number of benzene rings is 3. The summed E-state index contributed by atoms with van der Waals surface area (Å²) in [7, 11) is 0. The SMILES string of the molecule is OCCNc1nc2ccccc2n1CC(O)COc1cccc2ccccc12. The summed E-state index contributed by atoms with van der Waals surface area (Å²) >= 11 is 0. The molecule has 0 radical (unpaired) electrons. The molecule has 1 unspecified atom stereocenters. The van der Waals surface area contributed by atoms with Gasteiger partial charge in [0, 0.05) is 11.9 Å². The molecule has 6 nitrogen and oxygen atoms in total. The van der Waals surface area contributed by atoms with Gasteiger partial charge >= 0.3 is 0 Å². The van der Waals surface area contributed by atoms with E-state index in [9.17, 15) is 5.11 Å². The van der Waals surface area contributed by atoms with Crippen LogP contribution >= 0.6 is 0 Å². The summed E-state index contributed by atoms with van der Waals surface area (Å²) in [5.74, 6) is 1.38. The van der Waals surface area contributed by atoms with Crippen molar-refractivity contribution in [1.82, 2.24) is 9.55 Å². The zero-order valence-corrected chi connectivity index (χ0v) is 15.5. The van der Waals surface area contributed by atoms with Gasteiger partial charge in [-0.3, -0.25) is 0 Å². The average molecular weight is 377 g/mol. The number of imidazole rings is 1. The number of rotatable bonds is 8. The zero-order chi connectivity index (χ0) is 19.3. The van der Waals surface area contributed by atoms with Crippen LogP contribution < -0.4 is 10.1 Å². The van der Waals surface area contributed by atoms with Gasteiger partial charge in [0.1, 0.15) is 18.5 Å². The van der Waals surface area contributed by atoms with Crippen molar-refractivity contribution in [3.63, 3.8) is 0 Å². The molecule has 0 aliphatic rings. The second-order valence-corrected chi connectivity index (χ2v) is 6.63. The first kappa shape index (κ1) is 18.3. The van der Waals surface area contributed by atoms with Crippen molar-refractivity contribution >= 4 is 27.8 Å². The summed E-state index contributed by atoms with van der Waals surface area (Å²) in [5.41, 5.74) is 1.76. The summed E-state index contributed by atoms with van der Waals surface area (Å²) in [4.78, 5) is 4.55. The summed E-state index contributed by atoms with van der Waals surface area (Å²) in [6.07, 6.45) is -0.716. The fourth-order valence-corrected chi connectivity index (χ4v) is 3.33. The highest BCUT2D eigenvalue weighted by Crippen LogP contribution is 2.25. The Kier molecular flexibility index (Phi) is 5.41. The molecule has 3 N–H and O–H groups in total. The van der Waals surface area contributed by atoms with Gasteiger partial charge in [0.2, 0.25) is 5.95 Å². The second-order valence-electron chi connectivity index (χ2n) is 6.63. The van der Waals surface area contributed by atoms with Gasteiger partial charge < -0.3 is 24.8 Å². The van der Waals surface area contributed by atoms with Crippen LogP contribution in [-0.2, 0) is 6.54 Å². The largest absolute Gasteiger partial charge is 0.490 e. The van der Waals surface area contributed by atoms with E-state index >= 15 is 0 Å². The smallest absolute Gasteiger partial charge is 0.204 e. The van der Waals surface area contributed by atoms with Gasteiger partial charge in [-0.2, -0.15) is 0 Å². The van der Waals surface area contributed by atoms with E-state index in [1.165, 1.54) is 0 Å². The van der Waals surface area contributed by atoms with Crippen molar-refractivity contribution in [2.75, 3.05) is 25.1 Å². The molecule has 0 saturated heterocycles. The Morgan fingerprint density at radius 3 is 2.68 bits per heavy atom. The maximum atomic E-state index is 10.6. The lowest BCUT2D eigenvalue weighted by molar-refractivity contribution is 0.0946. The molecule has 28 heavy (non-hydrogen) atoms. The van der Waals surface area contributed by atoms with Crippen LogP contribution in [0.4, 0.5) is 5.95 Å². The number of nitrogens with one attached hydrogen (secondary N) is 1. The highest BCUT2D eigenvalue weighted by atomic mass is 16.5. The Morgan fingerprint density at radius 2 is 1.79 bits per heavy atom. The van der Waals surface area contributed by atoms with Crippen LogP contribution in [0.5, 0.6) is 5.75 Å². The predicted molar refractivity (Wildman–Crippen MR) is 111 cm³/mol. The van der Waals surface area contributed by atoms with E-state index in [0.717, 1.165) is 27.6 Å². The topological polar surface area (TPSA) is 79.5 Å². The number of hydrogen-bond donors (Lipinski definition) is 3. The molecule has 144 valence electrons. The molecule has 4 aromatic rings. The molecule has 0 aliphatic carbocycles.